The first-order valence-corrected chi connectivity index (χ1v) is 4.54. The van der Waals surface area contributed by atoms with E-state index in [2.05, 4.69) is 0 Å². The monoisotopic (exact) mass is 185 g/mol. The first-order valence-electron chi connectivity index (χ1n) is 4.54. The number of nitrogens with zero attached hydrogens (tertiary/aromatic N) is 1. The molecule has 0 aromatic heterocycles. The van der Waals surface area contributed by atoms with Crippen molar-refractivity contribution in [1.82, 2.24) is 4.90 Å². The predicted molar refractivity (Wildman–Crippen MR) is 52.4 cm³/mol. The van der Waals surface area contributed by atoms with Gasteiger partial charge in [-0.3, -0.25) is 4.79 Å². The van der Waals surface area contributed by atoms with E-state index in [1.807, 2.05) is 13.8 Å². The summed E-state index contributed by atoms with van der Waals surface area (Å²) in [6, 6.07) is 0.179. The Morgan fingerprint density at radius 3 is 2.23 bits per heavy atom. The van der Waals surface area contributed by atoms with Crippen molar-refractivity contribution >= 4 is 12.2 Å². The summed E-state index contributed by atoms with van der Waals surface area (Å²) in [5.41, 5.74) is -0.569. The second kappa shape index (κ2) is 4.40. The van der Waals surface area contributed by atoms with Crippen LogP contribution in [0, 0.1) is 5.41 Å². The van der Waals surface area contributed by atoms with Crippen LogP contribution < -0.4 is 0 Å². The summed E-state index contributed by atoms with van der Waals surface area (Å²) >= 11 is 0. The molecule has 0 saturated carbocycles. The Balaban J connectivity index is 4.48. The average molecular weight is 185 g/mol. The Morgan fingerprint density at radius 2 is 1.92 bits per heavy atom. The smallest absolute Gasteiger partial charge is 0.228 e. The molecule has 0 aliphatic rings. The van der Waals surface area contributed by atoms with Gasteiger partial charge in [-0.15, -0.1) is 0 Å². The highest BCUT2D eigenvalue weighted by Crippen LogP contribution is 2.22. The molecule has 0 aromatic rings. The summed E-state index contributed by atoms with van der Waals surface area (Å²) < 4.78 is 0. The van der Waals surface area contributed by atoms with E-state index < -0.39 is 5.41 Å². The zero-order chi connectivity index (χ0) is 10.6. The zero-order valence-electron chi connectivity index (χ0n) is 9.13. The molecule has 0 radical (unpaired) electrons. The van der Waals surface area contributed by atoms with Gasteiger partial charge >= 0.3 is 0 Å². The molecular formula is C10H19NO2. The first kappa shape index (κ1) is 12.1. The van der Waals surface area contributed by atoms with E-state index in [4.69, 9.17) is 0 Å². The zero-order valence-corrected chi connectivity index (χ0v) is 9.13. The van der Waals surface area contributed by atoms with Gasteiger partial charge in [-0.25, -0.2) is 0 Å². The molecule has 0 aliphatic heterocycles. The van der Waals surface area contributed by atoms with Crippen LogP contribution in [0.1, 0.15) is 34.1 Å². The first-order chi connectivity index (χ1) is 5.83. The SMILES string of the molecule is CC(C)N(C)C(=O)C(C)(C)CC=O. The lowest BCUT2D eigenvalue weighted by molar-refractivity contribution is -0.142. The van der Waals surface area contributed by atoms with Gasteiger partial charge in [0, 0.05) is 19.5 Å². The van der Waals surface area contributed by atoms with Gasteiger partial charge in [-0.1, -0.05) is 13.8 Å². The van der Waals surface area contributed by atoms with E-state index in [0.29, 0.717) is 0 Å². The van der Waals surface area contributed by atoms with Gasteiger partial charge in [0.15, 0.2) is 0 Å². The average Bonchev–Trinajstić information content (AvgIpc) is 2.01. The van der Waals surface area contributed by atoms with Gasteiger partial charge in [-0.05, 0) is 13.8 Å². The summed E-state index contributed by atoms with van der Waals surface area (Å²) in [6.07, 6.45) is 1.08. The minimum atomic E-state index is -0.569. The third-order valence-corrected chi connectivity index (χ3v) is 2.27. The normalized spacial score (nSPS) is 11.5. The molecule has 0 saturated heterocycles. The highest BCUT2D eigenvalue weighted by atomic mass is 16.2. The van der Waals surface area contributed by atoms with Crippen LogP contribution >= 0.6 is 0 Å². The maximum absolute atomic E-state index is 11.8. The van der Waals surface area contributed by atoms with Crippen LogP contribution in [0.25, 0.3) is 0 Å². The quantitative estimate of drug-likeness (QED) is 0.622. The summed E-state index contributed by atoms with van der Waals surface area (Å²) in [5.74, 6) is 0.0228. The van der Waals surface area contributed by atoms with Crippen LogP contribution in [0.3, 0.4) is 0 Å². The topological polar surface area (TPSA) is 37.4 Å². The second-order valence-corrected chi connectivity index (χ2v) is 4.26. The number of hydrogen-bond donors (Lipinski definition) is 0. The number of carbonyl (C=O) groups excluding carboxylic acids is 2. The van der Waals surface area contributed by atoms with Crippen LogP contribution in [0.15, 0.2) is 0 Å². The third-order valence-electron chi connectivity index (χ3n) is 2.27. The molecule has 0 N–H and O–H groups in total. The molecule has 0 aliphatic carbocycles. The largest absolute Gasteiger partial charge is 0.343 e. The Bertz CT molecular complexity index is 197. The van der Waals surface area contributed by atoms with Crippen molar-refractivity contribution in [3.63, 3.8) is 0 Å². The van der Waals surface area contributed by atoms with Crippen molar-refractivity contribution in [3.05, 3.63) is 0 Å². The fourth-order valence-electron chi connectivity index (χ4n) is 1.01. The van der Waals surface area contributed by atoms with E-state index in [9.17, 15) is 9.59 Å². The Labute approximate surface area is 80.1 Å². The molecule has 0 heterocycles. The lowest BCUT2D eigenvalue weighted by Crippen LogP contribution is -2.42. The fourth-order valence-corrected chi connectivity index (χ4v) is 1.01. The number of rotatable bonds is 4. The Hall–Kier alpha value is -0.860. The minimum absolute atomic E-state index is 0.0228. The summed E-state index contributed by atoms with van der Waals surface area (Å²) in [5, 5.41) is 0. The van der Waals surface area contributed by atoms with Crippen molar-refractivity contribution in [3.8, 4) is 0 Å². The molecule has 0 aromatic carbocycles. The van der Waals surface area contributed by atoms with Gasteiger partial charge in [0.25, 0.3) is 0 Å². The molecule has 0 unspecified atom stereocenters. The van der Waals surface area contributed by atoms with Crippen LogP contribution in [0.5, 0.6) is 0 Å². The van der Waals surface area contributed by atoms with E-state index in [-0.39, 0.29) is 18.4 Å². The highest BCUT2D eigenvalue weighted by molar-refractivity contribution is 5.84. The number of hydrogen-bond acceptors (Lipinski definition) is 2. The summed E-state index contributed by atoms with van der Waals surface area (Å²) in [6.45, 7) is 7.50. The minimum Gasteiger partial charge on any atom is -0.343 e. The maximum atomic E-state index is 11.8. The second-order valence-electron chi connectivity index (χ2n) is 4.26. The van der Waals surface area contributed by atoms with Crippen molar-refractivity contribution in [2.45, 2.75) is 40.2 Å². The fraction of sp³-hybridized carbons (Fsp3) is 0.800. The molecule has 13 heavy (non-hydrogen) atoms. The van der Waals surface area contributed by atoms with Crippen LogP contribution in [-0.2, 0) is 9.59 Å². The molecule has 76 valence electrons. The summed E-state index contributed by atoms with van der Waals surface area (Å²) in [4.78, 5) is 23.8. The molecule has 3 heteroatoms. The number of amides is 1. The molecule has 0 rings (SSSR count). The molecular weight excluding hydrogens is 166 g/mol. The molecule has 0 spiro atoms. The third kappa shape index (κ3) is 3.17. The van der Waals surface area contributed by atoms with Crippen molar-refractivity contribution in [2.24, 2.45) is 5.41 Å². The molecule has 1 amide bonds. The van der Waals surface area contributed by atoms with E-state index in [1.165, 1.54) is 0 Å². The van der Waals surface area contributed by atoms with Crippen LogP contribution in [0.2, 0.25) is 0 Å². The van der Waals surface area contributed by atoms with Gasteiger partial charge in [0.2, 0.25) is 5.91 Å². The molecule has 3 nitrogen and oxygen atoms in total. The van der Waals surface area contributed by atoms with Gasteiger partial charge in [0.1, 0.15) is 6.29 Å². The van der Waals surface area contributed by atoms with Gasteiger partial charge in [-0.2, -0.15) is 0 Å². The van der Waals surface area contributed by atoms with E-state index in [1.54, 1.807) is 25.8 Å². The molecule has 0 fully saturated rings. The Morgan fingerprint density at radius 1 is 1.46 bits per heavy atom. The lowest BCUT2D eigenvalue weighted by atomic mass is 9.88. The lowest BCUT2D eigenvalue weighted by Gasteiger charge is -2.30. The van der Waals surface area contributed by atoms with Crippen molar-refractivity contribution in [1.29, 1.82) is 0 Å². The summed E-state index contributed by atoms with van der Waals surface area (Å²) in [7, 11) is 1.76. The maximum Gasteiger partial charge on any atom is 0.228 e. The van der Waals surface area contributed by atoms with Crippen LogP contribution in [0.4, 0.5) is 0 Å². The molecule has 0 atom stereocenters. The Kier molecular flexibility index (Phi) is 4.11. The molecule has 0 bridgehead atoms. The van der Waals surface area contributed by atoms with E-state index in [0.717, 1.165) is 6.29 Å². The standard InChI is InChI=1S/C10H19NO2/c1-8(2)11(5)9(13)10(3,4)6-7-12/h7-8H,6H2,1-5H3. The highest BCUT2D eigenvalue weighted by Gasteiger charge is 2.30. The number of carbonyl (C=O) groups is 2. The van der Waals surface area contributed by atoms with Crippen molar-refractivity contribution in [2.75, 3.05) is 7.05 Å². The van der Waals surface area contributed by atoms with Gasteiger partial charge < -0.3 is 9.69 Å². The van der Waals surface area contributed by atoms with Crippen molar-refractivity contribution < 1.29 is 9.59 Å². The predicted octanol–water partition coefficient (Wildman–Crippen LogP) is 1.47. The van der Waals surface area contributed by atoms with E-state index >= 15 is 0 Å². The van der Waals surface area contributed by atoms with Gasteiger partial charge in [0.05, 0.1) is 5.41 Å². The number of aldehydes is 1. The van der Waals surface area contributed by atoms with Crippen LogP contribution in [-0.4, -0.2) is 30.2 Å².